The van der Waals surface area contributed by atoms with Crippen LogP contribution in [0.15, 0.2) is 18.2 Å². The molecule has 0 unspecified atom stereocenters. The molecule has 0 atom stereocenters. The van der Waals surface area contributed by atoms with Crippen molar-refractivity contribution in [1.29, 1.82) is 0 Å². The summed E-state index contributed by atoms with van der Waals surface area (Å²) in [5.74, 6) is -0.643. The van der Waals surface area contributed by atoms with Gasteiger partial charge in [0, 0.05) is 6.54 Å². The fourth-order valence-electron chi connectivity index (χ4n) is 1.70. The zero-order valence-corrected chi connectivity index (χ0v) is 15.0. The molecule has 0 fully saturated rings. The highest BCUT2D eigenvalue weighted by Gasteiger charge is 2.20. The second-order valence-corrected chi connectivity index (χ2v) is 8.18. The first-order valence-corrected chi connectivity index (χ1v) is 9.02. The molecular weight excluding hydrogens is 347 g/mol. The van der Waals surface area contributed by atoms with Gasteiger partial charge in [-0.05, 0) is 39.0 Å². The maximum atomic E-state index is 13.2. The molecule has 0 heterocycles. The highest BCUT2D eigenvalue weighted by Crippen LogP contribution is 2.24. The third-order valence-corrected chi connectivity index (χ3v) is 4.06. The monoisotopic (exact) mass is 366 g/mol. The van der Waals surface area contributed by atoms with Crippen LogP contribution >= 0.6 is 11.6 Å². The van der Waals surface area contributed by atoms with E-state index < -0.39 is 27.5 Å². The molecule has 23 heavy (non-hydrogen) atoms. The Morgan fingerprint density at radius 1 is 1.39 bits per heavy atom. The van der Waals surface area contributed by atoms with E-state index in [1.54, 1.807) is 20.8 Å². The van der Waals surface area contributed by atoms with Gasteiger partial charge in [-0.2, -0.15) is 0 Å². The molecule has 6 nitrogen and oxygen atoms in total. The van der Waals surface area contributed by atoms with Crippen molar-refractivity contribution in [3.05, 3.63) is 29.0 Å². The van der Waals surface area contributed by atoms with E-state index in [-0.39, 0.29) is 23.8 Å². The van der Waals surface area contributed by atoms with E-state index in [0.29, 0.717) is 0 Å². The molecule has 0 aliphatic heterocycles. The number of alkyl carbamates (subject to hydrolysis) is 1. The molecule has 0 aliphatic rings. The van der Waals surface area contributed by atoms with Gasteiger partial charge in [0.1, 0.15) is 11.4 Å². The molecule has 1 N–H and O–H groups in total. The minimum Gasteiger partial charge on any atom is -0.444 e. The van der Waals surface area contributed by atoms with Crippen molar-refractivity contribution in [2.75, 3.05) is 23.7 Å². The smallest absolute Gasteiger partial charge is 0.407 e. The molecule has 0 aromatic heterocycles. The van der Waals surface area contributed by atoms with Gasteiger partial charge in [-0.3, -0.25) is 4.31 Å². The number of benzene rings is 1. The van der Waals surface area contributed by atoms with Crippen LogP contribution in [0.2, 0.25) is 5.02 Å². The summed E-state index contributed by atoms with van der Waals surface area (Å²) in [5, 5.41) is 2.28. The summed E-state index contributed by atoms with van der Waals surface area (Å²) < 4.78 is 43.0. The van der Waals surface area contributed by atoms with Crippen LogP contribution in [0.25, 0.3) is 0 Å². The number of nitrogens with zero attached hydrogens (tertiary/aromatic N) is 1. The lowest BCUT2D eigenvalue weighted by molar-refractivity contribution is 0.0529. The van der Waals surface area contributed by atoms with Gasteiger partial charge in [-0.25, -0.2) is 17.6 Å². The minimum atomic E-state index is -3.62. The first-order chi connectivity index (χ1) is 10.4. The van der Waals surface area contributed by atoms with Crippen LogP contribution in [0.3, 0.4) is 0 Å². The maximum absolute atomic E-state index is 13.2. The maximum Gasteiger partial charge on any atom is 0.407 e. The van der Waals surface area contributed by atoms with Gasteiger partial charge in [0.05, 0.1) is 23.5 Å². The van der Waals surface area contributed by atoms with E-state index in [2.05, 4.69) is 5.32 Å². The Morgan fingerprint density at radius 2 is 2.00 bits per heavy atom. The van der Waals surface area contributed by atoms with Gasteiger partial charge in [0.2, 0.25) is 10.0 Å². The number of amides is 1. The van der Waals surface area contributed by atoms with Crippen LogP contribution in [0, 0.1) is 5.82 Å². The average Bonchev–Trinajstić information content (AvgIpc) is 2.34. The number of hydrogen-bond donors (Lipinski definition) is 1. The molecule has 0 spiro atoms. The van der Waals surface area contributed by atoms with Gasteiger partial charge >= 0.3 is 6.09 Å². The number of hydrogen-bond acceptors (Lipinski definition) is 4. The Labute approximate surface area is 140 Å². The van der Waals surface area contributed by atoms with E-state index >= 15 is 0 Å². The standard InChI is InChI=1S/C14H20ClFN2O4S/c1-14(2,3)22-13(19)17-7-8-18(23(4,20)21)10-5-6-12(16)11(15)9-10/h5-6,9H,7-8H2,1-4H3,(H,17,19). The van der Waals surface area contributed by atoms with Crippen LogP contribution < -0.4 is 9.62 Å². The van der Waals surface area contributed by atoms with E-state index in [9.17, 15) is 17.6 Å². The number of carbonyl (C=O) groups excluding carboxylic acids is 1. The Balaban J connectivity index is 2.78. The lowest BCUT2D eigenvalue weighted by Gasteiger charge is -2.24. The van der Waals surface area contributed by atoms with Crippen LogP contribution in [0.4, 0.5) is 14.9 Å². The van der Waals surface area contributed by atoms with Crippen molar-refractivity contribution in [3.8, 4) is 0 Å². The molecule has 0 aliphatic carbocycles. The van der Waals surface area contributed by atoms with E-state index in [4.69, 9.17) is 16.3 Å². The van der Waals surface area contributed by atoms with E-state index in [1.165, 1.54) is 12.1 Å². The molecule has 0 saturated heterocycles. The highest BCUT2D eigenvalue weighted by atomic mass is 35.5. The number of ether oxygens (including phenoxy) is 1. The largest absolute Gasteiger partial charge is 0.444 e. The first kappa shape index (κ1) is 19.5. The van der Waals surface area contributed by atoms with Gasteiger partial charge in [-0.1, -0.05) is 11.6 Å². The Morgan fingerprint density at radius 3 is 2.48 bits per heavy atom. The number of anilines is 1. The van der Waals surface area contributed by atoms with Crippen LogP contribution in [0.1, 0.15) is 20.8 Å². The number of carbonyl (C=O) groups is 1. The van der Waals surface area contributed by atoms with E-state index in [1.807, 2.05) is 0 Å². The molecule has 130 valence electrons. The third-order valence-electron chi connectivity index (χ3n) is 2.57. The van der Waals surface area contributed by atoms with Crippen LogP contribution in [-0.4, -0.2) is 39.5 Å². The quantitative estimate of drug-likeness (QED) is 0.869. The number of rotatable bonds is 5. The number of nitrogens with one attached hydrogen (secondary N) is 1. The summed E-state index contributed by atoms with van der Waals surface area (Å²) in [6, 6.07) is 3.60. The summed E-state index contributed by atoms with van der Waals surface area (Å²) >= 11 is 5.68. The molecular formula is C14H20ClFN2O4S. The molecule has 9 heteroatoms. The molecule has 0 saturated carbocycles. The fourth-order valence-corrected chi connectivity index (χ4v) is 2.79. The Kier molecular flexibility index (Phi) is 6.24. The molecule has 1 rings (SSSR count). The Bertz CT molecular complexity index is 674. The molecule has 1 aromatic carbocycles. The minimum absolute atomic E-state index is 0.0248. The van der Waals surface area contributed by atoms with Gasteiger partial charge in [0.15, 0.2) is 0 Å². The van der Waals surface area contributed by atoms with Crippen LogP contribution in [0.5, 0.6) is 0 Å². The van der Waals surface area contributed by atoms with Crippen molar-refractivity contribution in [1.82, 2.24) is 5.32 Å². The van der Waals surface area contributed by atoms with Crippen molar-refractivity contribution in [2.24, 2.45) is 0 Å². The van der Waals surface area contributed by atoms with E-state index in [0.717, 1.165) is 16.6 Å². The summed E-state index contributed by atoms with van der Waals surface area (Å²) in [4.78, 5) is 11.6. The molecule has 0 bridgehead atoms. The summed E-state index contributed by atoms with van der Waals surface area (Å²) in [7, 11) is -3.62. The topological polar surface area (TPSA) is 75.7 Å². The predicted molar refractivity (Wildman–Crippen MR) is 87.8 cm³/mol. The summed E-state index contributed by atoms with van der Waals surface area (Å²) in [5.41, 5.74) is -0.435. The predicted octanol–water partition coefficient (Wildman–Crippen LogP) is 2.77. The third kappa shape index (κ3) is 6.62. The lowest BCUT2D eigenvalue weighted by atomic mass is 10.2. The normalized spacial score (nSPS) is 11.9. The fraction of sp³-hybridized carbons (Fsp3) is 0.500. The lowest BCUT2D eigenvalue weighted by Crippen LogP contribution is -2.40. The van der Waals surface area contributed by atoms with Crippen molar-refractivity contribution >= 4 is 33.4 Å². The second kappa shape index (κ2) is 7.35. The van der Waals surface area contributed by atoms with Crippen molar-refractivity contribution in [2.45, 2.75) is 26.4 Å². The zero-order valence-electron chi connectivity index (χ0n) is 13.4. The summed E-state index contributed by atoms with van der Waals surface area (Å²) in [6.45, 7) is 5.14. The van der Waals surface area contributed by atoms with Gasteiger partial charge in [-0.15, -0.1) is 0 Å². The highest BCUT2D eigenvalue weighted by molar-refractivity contribution is 7.92. The second-order valence-electron chi connectivity index (χ2n) is 5.86. The SMILES string of the molecule is CC(C)(C)OC(=O)NCCN(c1ccc(F)c(Cl)c1)S(C)(=O)=O. The average molecular weight is 367 g/mol. The molecule has 1 aromatic rings. The van der Waals surface area contributed by atoms with Crippen LogP contribution in [-0.2, 0) is 14.8 Å². The van der Waals surface area contributed by atoms with Gasteiger partial charge in [0.25, 0.3) is 0 Å². The first-order valence-electron chi connectivity index (χ1n) is 6.80. The molecule has 0 radical (unpaired) electrons. The Hall–Kier alpha value is -1.54. The molecule has 1 amide bonds. The zero-order chi connectivity index (χ0) is 17.8. The number of halogens is 2. The summed E-state index contributed by atoms with van der Waals surface area (Å²) in [6.07, 6.45) is 0.362. The van der Waals surface area contributed by atoms with Crippen molar-refractivity contribution in [3.63, 3.8) is 0 Å². The van der Waals surface area contributed by atoms with Crippen molar-refractivity contribution < 1.29 is 22.3 Å². The number of sulfonamides is 1. The van der Waals surface area contributed by atoms with Gasteiger partial charge < -0.3 is 10.1 Å².